The molecule has 61 heavy (non-hydrogen) atoms. The quantitative estimate of drug-likeness (QED) is 0.174. The van der Waals surface area contributed by atoms with E-state index in [9.17, 15) is 0 Å². The van der Waals surface area contributed by atoms with Crippen LogP contribution in [0.25, 0.3) is 78.7 Å². The first-order valence-corrected chi connectivity index (χ1v) is 22.4. The molecule has 0 amide bonds. The summed E-state index contributed by atoms with van der Waals surface area (Å²) in [6.07, 6.45) is 6.94. The monoisotopic (exact) mass is 785 g/mol. The predicted molar refractivity (Wildman–Crippen MR) is 248 cm³/mol. The van der Waals surface area contributed by atoms with Crippen molar-refractivity contribution in [3.05, 3.63) is 186 Å². The summed E-state index contributed by atoms with van der Waals surface area (Å²) in [5, 5.41) is 0. The fraction of sp³-hybridized carbons (Fsp3) is 0.224. The number of hydrogen-bond acceptors (Lipinski definition) is 3. The van der Waals surface area contributed by atoms with Gasteiger partial charge in [-0.25, -0.2) is 15.0 Å². The summed E-state index contributed by atoms with van der Waals surface area (Å²) < 4.78 is 0. The highest BCUT2D eigenvalue weighted by molar-refractivity contribution is 5.88. The van der Waals surface area contributed by atoms with Crippen LogP contribution in [0.5, 0.6) is 0 Å². The number of hydrogen-bond donors (Lipinski definition) is 0. The Labute approximate surface area is 358 Å². The zero-order valence-electron chi connectivity index (χ0n) is 34.8. The third-order valence-electron chi connectivity index (χ3n) is 15.7. The van der Waals surface area contributed by atoms with E-state index in [1.54, 1.807) is 11.1 Å². The predicted octanol–water partition coefficient (Wildman–Crippen LogP) is 14.2. The van der Waals surface area contributed by atoms with Gasteiger partial charge in [0.05, 0.1) is 0 Å². The van der Waals surface area contributed by atoms with Crippen LogP contribution in [0, 0.1) is 23.7 Å². The van der Waals surface area contributed by atoms with Crippen molar-refractivity contribution in [3.63, 3.8) is 0 Å². The van der Waals surface area contributed by atoms with Crippen molar-refractivity contribution in [2.45, 2.75) is 56.8 Å². The number of rotatable bonds is 5. The highest BCUT2D eigenvalue weighted by Crippen LogP contribution is 2.69. The maximum Gasteiger partial charge on any atom is 0.164 e. The summed E-state index contributed by atoms with van der Waals surface area (Å²) in [7, 11) is 0. The zero-order chi connectivity index (χ0) is 40.5. The van der Waals surface area contributed by atoms with Gasteiger partial charge in [-0.3, -0.25) is 0 Å². The molecule has 1 heterocycles. The minimum Gasteiger partial charge on any atom is -0.208 e. The molecule has 4 saturated carbocycles. The molecule has 8 aromatic rings. The molecule has 0 aliphatic heterocycles. The standard InChI is InChI=1S/C58H47N3/c1-57(2)50-19-11-9-17-46(50)48-23-21-39(33-52(48)57)41-30-42(32-43(31-41)56-60-54(37-13-5-3-6-14-37)59-55(61-56)38-15-7-4-8-16-38)40-22-24-49-47-18-10-12-20-51(47)58(53(49)34-40)44-26-35-25-36(28-44)29-45(58)27-35/h3-24,30-36,44-45H,25-29H2,1-2H3. The van der Waals surface area contributed by atoms with Crippen LogP contribution in [0.3, 0.4) is 0 Å². The highest BCUT2D eigenvalue weighted by Gasteiger charge is 2.61. The zero-order valence-corrected chi connectivity index (χ0v) is 34.8. The molecule has 0 N–H and O–H groups in total. The van der Waals surface area contributed by atoms with Crippen molar-refractivity contribution >= 4 is 0 Å². The van der Waals surface area contributed by atoms with Crippen molar-refractivity contribution in [3.8, 4) is 78.7 Å². The van der Waals surface area contributed by atoms with Gasteiger partial charge in [0, 0.05) is 27.5 Å². The summed E-state index contributed by atoms with van der Waals surface area (Å²) in [6, 6.07) is 60.6. The van der Waals surface area contributed by atoms with E-state index in [2.05, 4.69) is 166 Å². The number of benzene rings is 7. The summed E-state index contributed by atoms with van der Waals surface area (Å²) in [4.78, 5) is 15.6. The van der Waals surface area contributed by atoms with E-state index >= 15 is 0 Å². The lowest BCUT2D eigenvalue weighted by atomic mass is 9.43. The van der Waals surface area contributed by atoms with Crippen LogP contribution in [0.2, 0.25) is 0 Å². The van der Waals surface area contributed by atoms with E-state index in [1.807, 2.05) is 12.1 Å². The van der Waals surface area contributed by atoms with Crippen LogP contribution in [0.4, 0.5) is 0 Å². The van der Waals surface area contributed by atoms with Gasteiger partial charge in [0.25, 0.3) is 0 Å². The summed E-state index contributed by atoms with van der Waals surface area (Å²) >= 11 is 0. The maximum absolute atomic E-state index is 5.26. The van der Waals surface area contributed by atoms with E-state index < -0.39 is 0 Å². The van der Waals surface area contributed by atoms with Gasteiger partial charge in [-0.2, -0.15) is 0 Å². The Balaban J connectivity index is 1.02. The average molecular weight is 786 g/mol. The number of fused-ring (bicyclic) bond motifs is 6. The van der Waals surface area contributed by atoms with E-state index in [1.165, 1.54) is 82.2 Å². The van der Waals surface area contributed by atoms with Gasteiger partial charge in [-0.05, 0) is 153 Å². The normalized spacial score (nSPS) is 23.1. The maximum atomic E-state index is 5.26. The highest BCUT2D eigenvalue weighted by atomic mass is 15.0. The van der Waals surface area contributed by atoms with Gasteiger partial charge >= 0.3 is 0 Å². The van der Waals surface area contributed by atoms with Crippen LogP contribution in [-0.4, -0.2) is 15.0 Å². The Morgan fingerprint density at radius 1 is 0.344 bits per heavy atom. The largest absolute Gasteiger partial charge is 0.208 e. The molecule has 3 heteroatoms. The molecule has 294 valence electrons. The fourth-order valence-electron chi connectivity index (χ4n) is 13.2. The van der Waals surface area contributed by atoms with E-state index in [-0.39, 0.29) is 10.8 Å². The molecular weight excluding hydrogens is 739 g/mol. The van der Waals surface area contributed by atoms with Crippen molar-refractivity contribution in [2.75, 3.05) is 0 Å². The lowest BCUT2D eigenvalue weighted by molar-refractivity contribution is -0.0399. The summed E-state index contributed by atoms with van der Waals surface area (Å²) in [5.41, 5.74) is 19.2. The molecule has 14 rings (SSSR count). The lowest BCUT2D eigenvalue weighted by Crippen LogP contribution is -2.55. The Bertz CT molecular complexity index is 2980. The molecule has 1 aromatic heterocycles. The molecule has 3 nitrogen and oxygen atoms in total. The Kier molecular flexibility index (Phi) is 7.54. The molecule has 6 aliphatic rings. The van der Waals surface area contributed by atoms with E-state index in [0.717, 1.165) is 34.1 Å². The molecule has 0 unspecified atom stereocenters. The molecule has 0 radical (unpaired) electrons. The first-order valence-electron chi connectivity index (χ1n) is 22.4. The molecule has 4 fully saturated rings. The van der Waals surface area contributed by atoms with Crippen LogP contribution >= 0.6 is 0 Å². The van der Waals surface area contributed by atoms with Gasteiger partial charge in [-0.15, -0.1) is 0 Å². The summed E-state index contributed by atoms with van der Waals surface area (Å²) in [5.74, 6) is 5.24. The molecule has 0 saturated heterocycles. The summed E-state index contributed by atoms with van der Waals surface area (Å²) in [6.45, 7) is 4.74. The lowest BCUT2D eigenvalue weighted by Gasteiger charge is -2.61. The molecular formula is C58H47N3. The molecule has 6 aliphatic carbocycles. The van der Waals surface area contributed by atoms with Gasteiger partial charge in [0.2, 0.25) is 0 Å². The third-order valence-corrected chi connectivity index (χ3v) is 15.7. The minimum absolute atomic E-state index is 0.0970. The fourth-order valence-corrected chi connectivity index (χ4v) is 13.2. The van der Waals surface area contributed by atoms with Gasteiger partial charge < -0.3 is 0 Å². The Hall–Kier alpha value is -6.45. The molecule has 1 spiro atoms. The minimum atomic E-state index is -0.103. The molecule has 4 bridgehead atoms. The van der Waals surface area contributed by atoms with Crippen LogP contribution in [-0.2, 0) is 10.8 Å². The van der Waals surface area contributed by atoms with Crippen molar-refractivity contribution in [2.24, 2.45) is 23.7 Å². The number of nitrogens with zero attached hydrogens (tertiary/aromatic N) is 3. The smallest absolute Gasteiger partial charge is 0.164 e. The van der Waals surface area contributed by atoms with Crippen molar-refractivity contribution < 1.29 is 0 Å². The first-order chi connectivity index (χ1) is 29.9. The second-order valence-electron chi connectivity index (χ2n) is 19.2. The second kappa shape index (κ2) is 13.0. The molecule has 0 atom stereocenters. The van der Waals surface area contributed by atoms with Gasteiger partial charge in [-0.1, -0.05) is 147 Å². The van der Waals surface area contributed by atoms with Crippen molar-refractivity contribution in [1.82, 2.24) is 15.0 Å². The topological polar surface area (TPSA) is 38.7 Å². The van der Waals surface area contributed by atoms with Crippen molar-refractivity contribution in [1.29, 1.82) is 0 Å². The van der Waals surface area contributed by atoms with Gasteiger partial charge in [0.15, 0.2) is 17.5 Å². The second-order valence-corrected chi connectivity index (χ2v) is 19.2. The SMILES string of the molecule is CC1(C)c2ccccc2-c2ccc(-c3cc(-c4ccc5c(c4)C4(c6ccccc6-5)C5CC6CC(C5)CC4C6)cc(-c4nc(-c5ccccc5)nc(-c5ccccc5)n4)c3)cc21. The van der Waals surface area contributed by atoms with Gasteiger partial charge in [0.1, 0.15) is 0 Å². The van der Waals surface area contributed by atoms with Crippen LogP contribution in [0.15, 0.2) is 164 Å². The average Bonchev–Trinajstić information content (AvgIpc) is 3.73. The van der Waals surface area contributed by atoms with Crippen LogP contribution in [0.1, 0.15) is 68.2 Å². The van der Waals surface area contributed by atoms with E-state index in [4.69, 9.17) is 15.0 Å². The Morgan fingerprint density at radius 3 is 1.34 bits per heavy atom. The first kappa shape index (κ1) is 35.3. The van der Waals surface area contributed by atoms with E-state index in [0.29, 0.717) is 29.3 Å². The van der Waals surface area contributed by atoms with Crippen LogP contribution < -0.4 is 0 Å². The molecule has 7 aromatic carbocycles. The number of aromatic nitrogens is 3. The Morgan fingerprint density at radius 2 is 0.770 bits per heavy atom. The third kappa shape index (κ3) is 5.19.